The summed E-state index contributed by atoms with van der Waals surface area (Å²) in [6.45, 7) is 3.01. The van der Waals surface area contributed by atoms with Crippen LogP contribution < -0.4 is 0 Å². The van der Waals surface area contributed by atoms with Crippen molar-refractivity contribution in [2.45, 2.75) is 64.7 Å². The molecule has 0 radical (unpaired) electrons. The predicted octanol–water partition coefficient (Wildman–Crippen LogP) is 5.05. The van der Waals surface area contributed by atoms with E-state index in [-0.39, 0.29) is 11.4 Å². The molecule has 0 bridgehead atoms. The van der Waals surface area contributed by atoms with Crippen molar-refractivity contribution in [1.29, 1.82) is 0 Å². The smallest absolute Gasteiger partial charge is 0.269 e. The Balaban J connectivity index is 2.17. The van der Waals surface area contributed by atoms with E-state index in [9.17, 15) is 15.2 Å². The lowest BCUT2D eigenvalue weighted by Crippen LogP contribution is -1.93. The Hall–Kier alpha value is -1.91. The van der Waals surface area contributed by atoms with Gasteiger partial charge >= 0.3 is 0 Å². The summed E-state index contributed by atoms with van der Waals surface area (Å²) in [5.74, 6) is 0.0779. The van der Waals surface area contributed by atoms with Crippen LogP contribution in [0.5, 0.6) is 5.75 Å². The topological polar surface area (TPSA) is 75.7 Å². The maximum Gasteiger partial charge on any atom is 0.269 e. The average molecular weight is 320 g/mol. The maximum absolute atomic E-state index is 10.7. The van der Waals surface area contributed by atoms with E-state index in [0.29, 0.717) is 12.0 Å². The number of benzene rings is 1. The Morgan fingerprint density at radius 1 is 1.13 bits per heavy atom. The zero-order valence-electron chi connectivity index (χ0n) is 14.0. The van der Waals surface area contributed by atoms with Crippen LogP contribution in [0, 0.1) is 10.1 Å². The Morgan fingerprint density at radius 2 is 1.78 bits per heavy atom. The summed E-state index contributed by atoms with van der Waals surface area (Å²) in [5, 5.41) is 20.4. The molecule has 0 heterocycles. The number of aliphatic imine (C=N–C) groups is 1. The summed E-state index contributed by atoms with van der Waals surface area (Å²) >= 11 is 0. The minimum atomic E-state index is -0.458. The van der Waals surface area contributed by atoms with Gasteiger partial charge in [0.1, 0.15) is 5.75 Å². The Bertz CT molecular complexity index is 501. The van der Waals surface area contributed by atoms with E-state index in [0.717, 1.165) is 13.0 Å². The molecule has 0 aliphatic rings. The second-order valence-electron chi connectivity index (χ2n) is 5.84. The highest BCUT2D eigenvalue weighted by atomic mass is 16.6. The predicted molar refractivity (Wildman–Crippen MR) is 94.4 cm³/mol. The van der Waals surface area contributed by atoms with Gasteiger partial charge < -0.3 is 5.11 Å². The normalized spacial score (nSPS) is 11.2. The standard InChI is InChI=1S/C18H28N2O3/c1-2-3-4-5-6-7-8-9-13-19-14-12-16-15-17(20(22)23)10-11-18(16)21/h10-11,14-15,21H,2-9,12-13H2,1H3. The molecule has 5 nitrogen and oxygen atoms in total. The number of phenols is 1. The van der Waals surface area contributed by atoms with Gasteiger partial charge in [-0.25, -0.2) is 0 Å². The van der Waals surface area contributed by atoms with Crippen LogP contribution in [0.25, 0.3) is 0 Å². The van der Waals surface area contributed by atoms with Crippen LogP contribution in [0.1, 0.15) is 63.9 Å². The Morgan fingerprint density at radius 3 is 2.43 bits per heavy atom. The third-order valence-electron chi connectivity index (χ3n) is 3.85. The number of unbranched alkanes of at least 4 members (excludes halogenated alkanes) is 7. The van der Waals surface area contributed by atoms with E-state index in [1.54, 1.807) is 6.21 Å². The average Bonchev–Trinajstić information content (AvgIpc) is 2.54. The first-order valence-corrected chi connectivity index (χ1v) is 8.59. The SMILES string of the molecule is CCCCCCCCCCN=CCc1cc([N+](=O)[O-])ccc1O. The molecule has 0 amide bonds. The van der Waals surface area contributed by atoms with Crippen molar-refractivity contribution in [2.24, 2.45) is 4.99 Å². The van der Waals surface area contributed by atoms with Gasteiger partial charge in [-0.05, 0) is 12.5 Å². The highest BCUT2D eigenvalue weighted by Gasteiger charge is 2.09. The number of rotatable bonds is 12. The molecular weight excluding hydrogens is 292 g/mol. The van der Waals surface area contributed by atoms with E-state index in [1.807, 2.05) is 0 Å². The fraction of sp³-hybridized carbons (Fsp3) is 0.611. The lowest BCUT2D eigenvalue weighted by atomic mass is 10.1. The molecule has 1 rings (SSSR count). The fourth-order valence-electron chi connectivity index (χ4n) is 2.44. The van der Waals surface area contributed by atoms with Crippen LogP contribution in [0.15, 0.2) is 23.2 Å². The van der Waals surface area contributed by atoms with Gasteiger partial charge in [-0.3, -0.25) is 15.1 Å². The van der Waals surface area contributed by atoms with E-state index >= 15 is 0 Å². The van der Waals surface area contributed by atoms with Crippen LogP contribution >= 0.6 is 0 Å². The fourth-order valence-corrected chi connectivity index (χ4v) is 2.44. The number of phenolic OH excluding ortho intramolecular Hbond substituents is 1. The number of nitrogens with zero attached hydrogens (tertiary/aromatic N) is 2. The minimum absolute atomic E-state index is 0.00530. The molecule has 5 heteroatoms. The van der Waals surface area contributed by atoms with E-state index in [1.165, 1.54) is 63.1 Å². The van der Waals surface area contributed by atoms with Gasteiger partial charge in [0.05, 0.1) is 4.92 Å². The van der Waals surface area contributed by atoms with Crippen molar-refractivity contribution in [3.63, 3.8) is 0 Å². The zero-order chi connectivity index (χ0) is 16.9. The summed E-state index contributed by atoms with van der Waals surface area (Å²) in [7, 11) is 0. The molecule has 128 valence electrons. The van der Waals surface area contributed by atoms with Crippen LogP contribution in [0.4, 0.5) is 5.69 Å². The maximum atomic E-state index is 10.7. The molecule has 0 atom stereocenters. The van der Waals surface area contributed by atoms with E-state index in [2.05, 4.69) is 11.9 Å². The molecule has 0 spiro atoms. The number of hydrogen-bond donors (Lipinski definition) is 1. The highest BCUT2D eigenvalue weighted by molar-refractivity contribution is 5.64. The van der Waals surface area contributed by atoms with Crippen molar-refractivity contribution < 1.29 is 10.0 Å². The molecule has 1 aromatic rings. The van der Waals surface area contributed by atoms with Crippen LogP contribution in [-0.2, 0) is 6.42 Å². The van der Waals surface area contributed by atoms with Crippen LogP contribution in [0.2, 0.25) is 0 Å². The summed E-state index contributed by atoms with van der Waals surface area (Å²) in [4.78, 5) is 14.6. The second kappa shape index (κ2) is 11.6. The Labute approximate surface area is 138 Å². The molecule has 0 fully saturated rings. The van der Waals surface area contributed by atoms with Gasteiger partial charge in [0.15, 0.2) is 0 Å². The minimum Gasteiger partial charge on any atom is -0.508 e. The number of hydrogen-bond acceptors (Lipinski definition) is 4. The van der Waals surface area contributed by atoms with E-state index < -0.39 is 4.92 Å². The molecule has 23 heavy (non-hydrogen) atoms. The van der Waals surface area contributed by atoms with Crippen molar-refractivity contribution in [3.8, 4) is 5.75 Å². The number of non-ortho nitro benzene ring substituents is 1. The largest absolute Gasteiger partial charge is 0.508 e. The van der Waals surface area contributed by atoms with Gasteiger partial charge in [0, 0.05) is 36.9 Å². The number of nitro groups is 1. The molecule has 0 aromatic heterocycles. The van der Waals surface area contributed by atoms with Gasteiger partial charge in [-0.2, -0.15) is 0 Å². The van der Waals surface area contributed by atoms with Gasteiger partial charge in [-0.15, -0.1) is 0 Å². The summed E-state index contributed by atoms with van der Waals surface area (Å²) in [6.07, 6.45) is 12.3. The molecule has 0 aliphatic carbocycles. The molecule has 1 N–H and O–H groups in total. The molecule has 0 aliphatic heterocycles. The van der Waals surface area contributed by atoms with Crippen molar-refractivity contribution >= 4 is 11.9 Å². The van der Waals surface area contributed by atoms with Gasteiger partial charge in [-0.1, -0.05) is 51.9 Å². The van der Waals surface area contributed by atoms with E-state index in [4.69, 9.17) is 0 Å². The zero-order valence-corrected chi connectivity index (χ0v) is 14.0. The number of nitro benzene ring substituents is 1. The number of aromatic hydroxyl groups is 1. The molecular formula is C18H28N2O3. The highest BCUT2D eigenvalue weighted by Crippen LogP contribution is 2.22. The molecule has 0 saturated carbocycles. The lowest BCUT2D eigenvalue weighted by Gasteiger charge is -2.01. The summed E-state index contributed by atoms with van der Waals surface area (Å²) in [5.41, 5.74) is 0.535. The van der Waals surface area contributed by atoms with Crippen molar-refractivity contribution in [2.75, 3.05) is 6.54 Å². The molecule has 1 aromatic carbocycles. The first kappa shape index (κ1) is 19.1. The first-order chi connectivity index (χ1) is 11.1. The summed E-state index contributed by atoms with van der Waals surface area (Å²) < 4.78 is 0. The second-order valence-corrected chi connectivity index (χ2v) is 5.84. The third kappa shape index (κ3) is 8.33. The van der Waals surface area contributed by atoms with Crippen LogP contribution in [0.3, 0.4) is 0 Å². The quantitative estimate of drug-likeness (QED) is 0.253. The Kier molecular flexibility index (Phi) is 9.68. The van der Waals surface area contributed by atoms with Crippen molar-refractivity contribution in [1.82, 2.24) is 0 Å². The van der Waals surface area contributed by atoms with Gasteiger partial charge in [0.25, 0.3) is 5.69 Å². The van der Waals surface area contributed by atoms with Gasteiger partial charge in [0.2, 0.25) is 0 Å². The van der Waals surface area contributed by atoms with Crippen LogP contribution in [-0.4, -0.2) is 22.8 Å². The molecule has 0 unspecified atom stereocenters. The molecule has 0 saturated heterocycles. The monoisotopic (exact) mass is 320 g/mol. The first-order valence-electron chi connectivity index (χ1n) is 8.59. The summed E-state index contributed by atoms with van der Waals surface area (Å²) in [6, 6.07) is 4.06. The lowest BCUT2D eigenvalue weighted by molar-refractivity contribution is -0.384. The van der Waals surface area contributed by atoms with Crippen molar-refractivity contribution in [3.05, 3.63) is 33.9 Å². The third-order valence-corrected chi connectivity index (χ3v) is 3.85.